The van der Waals surface area contributed by atoms with Gasteiger partial charge in [-0.25, -0.2) is 0 Å². The summed E-state index contributed by atoms with van der Waals surface area (Å²) in [6, 6.07) is 0.495. The van der Waals surface area contributed by atoms with Gasteiger partial charge in [0.25, 0.3) is 0 Å². The van der Waals surface area contributed by atoms with Gasteiger partial charge in [-0.15, -0.1) is 6.58 Å². The van der Waals surface area contributed by atoms with Crippen molar-refractivity contribution in [2.45, 2.75) is 58.4 Å². The van der Waals surface area contributed by atoms with E-state index in [4.69, 9.17) is 5.84 Å². The van der Waals surface area contributed by atoms with Gasteiger partial charge in [-0.3, -0.25) is 11.3 Å². The van der Waals surface area contributed by atoms with Crippen LogP contribution in [0.5, 0.6) is 0 Å². The first-order chi connectivity index (χ1) is 7.13. The van der Waals surface area contributed by atoms with Gasteiger partial charge >= 0.3 is 0 Å². The van der Waals surface area contributed by atoms with E-state index in [0.717, 1.165) is 24.7 Å². The third-order valence-corrected chi connectivity index (χ3v) is 3.73. The van der Waals surface area contributed by atoms with Crippen molar-refractivity contribution in [1.82, 2.24) is 5.43 Å². The molecule has 1 saturated carbocycles. The zero-order chi connectivity index (χ0) is 11.3. The summed E-state index contributed by atoms with van der Waals surface area (Å²) in [6.45, 7) is 8.40. The molecule has 0 saturated heterocycles. The van der Waals surface area contributed by atoms with Crippen LogP contribution in [0.1, 0.15) is 52.4 Å². The van der Waals surface area contributed by atoms with Crippen LogP contribution in [-0.4, -0.2) is 6.04 Å². The van der Waals surface area contributed by atoms with Gasteiger partial charge < -0.3 is 0 Å². The molecule has 1 atom stereocenters. The maximum absolute atomic E-state index is 5.64. The molecule has 0 amide bonds. The van der Waals surface area contributed by atoms with Crippen LogP contribution in [0.15, 0.2) is 12.2 Å². The van der Waals surface area contributed by atoms with E-state index in [0.29, 0.717) is 6.04 Å². The summed E-state index contributed by atoms with van der Waals surface area (Å²) in [5.41, 5.74) is 4.26. The molecule has 1 aliphatic carbocycles. The van der Waals surface area contributed by atoms with E-state index in [1.54, 1.807) is 0 Å². The molecule has 0 aromatic heterocycles. The van der Waals surface area contributed by atoms with Crippen LogP contribution in [0.2, 0.25) is 0 Å². The Hall–Kier alpha value is -0.340. The highest BCUT2D eigenvalue weighted by atomic mass is 15.2. The summed E-state index contributed by atoms with van der Waals surface area (Å²) in [5, 5.41) is 0. The van der Waals surface area contributed by atoms with Gasteiger partial charge in [0, 0.05) is 6.04 Å². The normalized spacial score (nSPS) is 28.7. The van der Waals surface area contributed by atoms with Crippen LogP contribution in [0.4, 0.5) is 0 Å². The second-order valence-electron chi connectivity index (χ2n) is 5.29. The molecule has 1 unspecified atom stereocenters. The first kappa shape index (κ1) is 12.7. The van der Waals surface area contributed by atoms with E-state index in [1.807, 2.05) is 0 Å². The van der Waals surface area contributed by atoms with Crippen molar-refractivity contribution in [3.05, 3.63) is 12.2 Å². The van der Waals surface area contributed by atoms with E-state index in [1.165, 1.54) is 31.3 Å². The molecular formula is C13H26N2. The zero-order valence-corrected chi connectivity index (χ0v) is 10.3. The molecule has 0 bridgehead atoms. The predicted molar refractivity (Wildman–Crippen MR) is 66.3 cm³/mol. The topological polar surface area (TPSA) is 38.0 Å². The Morgan fingerprint density at radius 3 is 2.47 bits per heavy atom. The minimum atomic E-state index is 0.495. The maximum Gasteiger partial charge on any atom is 0.0241 e. The predicted octanol–water partition coefficient (Wildman–Crippen LogP) is 3.00. The lowest BCUT2D eigenvalue weighted by atomic mass is 9.78. The van der Waals surface area contributed by atoms with Crippen molar-refractivity contribution in [2.75, 3.05) is 0 Å². The van der Waals surface area contributed by atoms with E-state index in [-0.39, 0.29) is 0 Å². The monoisotopic (exact) mass is 210 g/mol. The van der Waals surface area contributed by atoms with Crippen molar-refractivity contribution >= 4 is 0 Å². The lowest BCUT2D eigenvalue weighted by Gasteiger charge is -2.32. The smallest absolute Gasteiger partial charge is 0.0241 e. The molecule has 0 aliphatic heterocycles. The first-order valence-electron chi connectivity index (χ1n) is 6.24. The lowest BCUT2D eigenvalue weighted by molar-refractivity contribution is 0.223. The van der Waals surface area contributed by atoms with Crippen LogP contribution in [-0.2, 0) is 0 Å². The third kappa shape index (κ3) is 4.35. The summed E-state index contributed by atoms with van der Waals surface area (Å²) < 4.78 is 0. The molecule has 15 heavy (non-hydrogen) atoms. The number of hydrogen-bond donors (Lipinski definition) is 2. The fourth-order valence-corrected chi connectivity index (χ4v) is 2.55. The van der Waals surface area contributed by atoms with Crippen LogP contribution in [0.3, 0.4) is 0 Å². The molecule has 0 radical (unpaired) electrons. The number of nitrogens with one attached hydrogen (secondary N) is 1. The van der Waals surface area contributed by atoms with Crippen molar-refractivity contribution < 1.29 is 0 Å². The Labute approximate surface area is 94.3 Å². The van der Waals surface area contributed by atoms with Gasteiger partial charge in [-0.1, -0.05) is 25.3 Å². The van der Waals surface area contributed by atoms with E-state index < -0.39 is 0 Å². The van der Waals surface area contributed by atoms with E-state index in [2.05, 4.69) is 25.9 Å². The molecule has 2 heteroatoms. The zero-order valence-electron chi connectivity index (χ0n) is 10.3. The van der Waals surface area contributed by atoms with Crippen molar-refractivity contribution in [1.29, 1.82) is 0 Å². The van der Waals surface area contributed by atoms with Crippen LogP contribution in [0, 0.1) is 11.8 Å². The minimum absolute atomic E-state index is 0.495. The summed E-state index contributed by atoms with van der Waals surface area (Å²) in [7, 11) is 0. The number of hydrogen-bond acceptors (Lipinski definition) is 2. The molecule has 1 fully saturated rings. The van der Waals surface area contributed by atoms with Gasteiger partial charge in [0.2, 0.25) is 0 Å². The van der Waals surface area contributed by atoms with E-state index >= 15 is 0 Å². The highest BCUT2D eigenvalue weighted by molar-refractivity contribution is 4.90. The molecule has 2 nitrogen and oxygen atoms in total. The Bertz CT molecular complexity index is 193. The van der Waals surface area contributed by atoms with E-state index in [9.17, 15) is 0 Å². The average Bonchev–Trinajstić information content (AvgIpc) is 2.21. The number of rotatable bonds is 5. The molecule has 1 aliphatic rings. The second kappa shape index (κ2) is 6.29. The molecule has 0 aromatic carbocycles. The quantitative estimate of drug-likeness (QED) is 0.416. The van der Waals surface area contributed by atoms with Gasteiger partial charge in [-0.05, 0) is 44.4 Å². The largest absolute Gasteiger partial charge is 0.271 e. The standard InChI is InChI=1S/C13H26N2/c1-10(2)4-9-13(15-14)12-7-5-11(3)6-8-12/h11-13,15H,1,4-9,14H2,2-3H3. The average molecular weight is 210 g/mol. The number of nitrogens with two attached hydrogens (primary N) is 1. The SMILES string of the molecule is C=C(C)CCC(NN)C1CCC(C)CC1. The Morgan fingerprint density at radius 1 is 1.40 bits per heavy atom. The molecule has 0 spiro atoms. The van der Waals surface area contributed by atoms with Crippen molar-refractivity contribution in [3.63, 3.8) is 0 Å². The third-order valence-electron chi connectivity index (χ3n) is 3.73. The Balaban J connectivity index is 2.34. The van der Waals surface area contributed by atoms with Crippen molar-refractivity contribution in [2.24, 2.45) is 17.7 Å². The summed E-state index contributed by atoms with van der Waals surface area (Å²) in [6.07, 6.45) is 7.66. The maximum atomic E-state index is 5.64. The van der Waals surface area contributed by atoms with Gasteiger partial charge in [0.05, 0.1) is 0 Å². The van der Waals surface area contributed by atoms with Crippen molar-refractivity contribution in [3.8, 4) is 0 Å². The molecule has 3 N–H and O–H groups in total. The summed E-state index contributed by atoms with van der Waals surface area (Å²) in [5.74, 6) is 7.35. The van der Waals surface area contributed by atoms with Crippen LogP contribution >= 0.6 is 0 Å². The molecular weight excluding hydrogens is 184 g/mol. The minimum Gasteiger partial charge on any atom is -0.271 e. The van der Waals surface area contributed by atoms with Gasteiger partial charge in [-0.2, -0.15) is 0 Å². The number of hydrazine groups is 1. The highest BCUT2D eigenvalue weighted by Crippen LogP contribution is 2.31. The number of allylic oxidation sites excluding steroid dienone is 1. The Morgan fingerprint density at radius 2 is 2.00 bits per heavy atom. The second-order valence-corrected chi connectivity index (χ2v) is 5.29. The molecule has 0 aromatic rings. The summed E-state index contributed by atoms with van der Waals surface area (Å²) in [4.78, 5) is 0. The van der Waals surface area contributed by atoms with Gasteiger partial charge in [0.1, 0.15) is 0 Å². The van der Waals surface area contributed by atoms with Gasteiger partial charge in [0.15, 0.2) is 0 Å². The lowest BCUT2D eigenvalue weighted by Crippen LogP contribution is -2.42. The van der Waals surface area contributed by atoms with Crippen LogP contribution < -0.4 is 11.3 Å². The van der Waals surface area contributed by atoms with Crippen LogP contribution in [0.25, 0.3) is 0 Å². The molecule has 1 rings (SSSR count). The summed E-state index contributed by atoms with van der Waals surface area (Å²) >= 11 is 0. The Kier molecular flexibility index (Phi) is 5.34. The fraction of sp³-hybridized carbons (Fsp3) is 0.846. The first-order valence-corrected chi connectivity index (χ1v) is 6.24. The molecule has 0 heterocycles. The molecule has 88 valence electrons. The fourth-order valence-electron chi connectivity index (χ4n) is 2.55. The highest BCUT2D eigenvalue weighted by Gasteiger charge is 2.24.